The molecule has 6 rings (SSSR count). The van der Waals surface area contributed by atoms with E-state index in [-0.39, 0.29) is 24.7 Å². The SMILES string of the molecule is CCn1cc(C[C@@H](NC(=O)C(C)(C)N)C(=O)NC2Cc3cccc(N4CCCC4=O)c3N(Cc3ccsc3)C2=O)c2ccccc21. The van der Waals surface area contributed by atoms with Gasteiger partial charge >= 0.3 is 0 Å². The number of carbonyl (C=O) groups excluding carboxylic acids is 4. The lowest BCUT2D eigenvalue weighted by Gasteiger charge is -2.37. The molecular formula is C35H40N6O4S. The van der Waals surface area contributed by atoms with Gasteiger partial charge in [-0.05, 0) is 72.8 Å². The molecule has 2 aliphatic heterocycles. The fourth-order valence-corrected chi connectivity index (χ4v) is 7.07. The van der Waals surface area contributed by atoms with Crippen LogP contribution in [0.15, 0.2) is 65.5 Å². The average molecular weight is 641 g/mol. The molecule has 11 heteroatoms. The van der Waals surface area contributed by atoms with E-state index in [1.807, 2.05) is 65.5 Å². The molecule has 1 fully saturated rings. The molecule has 2 atom stereocenters. The molecule has 4 N–H and O–H groups in total. The second-order valence-corrected chi connectivity index (χ2v) is 13.4. The molecule has 0 saturated carbocycles. The van der Waals surface area contributed by atoms with Crippen molar-refractivity contribution in [3.05, 3.63) is 82.2 Å². The molecule has 4 heterocycles. The molecule has 1 unspecified atom stereocenters. The number of nitrogens with one attached hydrogen (secondary N) is 2. The van der Waals surface area contributed by atoms with Crippen LogP contribution in [0, 0.1) is 0 Å². The first-order valence-electron chi connectivity index (χ1n) is 15.8. The minimum absolute atomic E-state index is 0.0394. The van der Waals surface area contributed by atoms with E-state index in [0.717, 1.165) is 46.2 Å². The summed E-state index contributed by atoms with van der Waals surface area (Å²) in [6.45, 7) is 6.89. The summed E-state index contributed by atoms with van der Waals surface area (Å²) in [5.41, 5.74) is 10.1. The molecule has 1 saturated heterocycles. The fraction of sp³-hybridized carbons (Fsp3) is 0.371. The molecule has 10 nitrogen and oxygen atoms in total. The van der Waals surface area contributed by atoms with Gasteiger partial charge in [-0.15, -0.1) is 0 Å². The maximum Gasteiger partial charge on any atom is 0.250 e. The summed E-state index contributed by atoms with van der Waals surface area (Å²) in [5, 5.41) is 10.8. The highest BCUT2D eigenvalue weighted by atomic mass is 32.1. The summed E-state index contributed by atoms with van der Waals surface area (Å²) < 4.78 is 2.11. The lowest BCUT2D eigenvalue weighted by molar-refractivity contribution is -0.133. The molecule has 4 amide bonds. The second kappa shape index (κ2) is 12.7. The molecule has 4 aromatic rings. The van der Waals surface area contributed by atoms with Gasteiger partial charge < -0.3 is 30.7 Å². The zero-order chi connectivity index (χ0) is 32.6. The number of benzene rings is 2. The quantitative estimate of drug-likeness (QED) is 0.242. The highest BCUT2D eigenvalue weighted by Crippen LogP contribution is 2.40. The van der Waals surface area contributed by atoms with Crippen LogP contribution >= 0.6 is 11.3 Å². The number of anilines is 2. The van der Waals surface area contributed by atoms with Gasteiger partial charge in [0.1, 0.15) is 12.1 Å². The van der Waals surface area contributed by atoms with E-state index >= 15 is 0 Å². The summed E-state index contributed by atoms with van der Waals surface area (Å²) in [7, 11) is 0. The highest BCUT2D eigenvalue weighted by Gasteiger charge is 2.39. The van der Waals surface area contributed by atoms with Crippen LogP contribution in [-0.4, -0.2) is 52.4 Å². The molecule has 0 spiro atoms. The standard InChI is InChI=1S/C35H40N6O4S/c1-4-39-20-24(25-10-5-6-11-28(25)39)18-26(38-34(45)35(2,3)36)32(43)37-27-17-23-9-7-12-29(40-15-8-13-30(40)42)31(23)41(33(27)44)19-22-14-16-46-21-22/h5-7,9-12,14,16,20-21,26-27H,4,8,13,15,17-19,36H2,1-3H3,(H,37,43)(H,38,45)/t26-,27?/m1/s1. The highest BCUT2D eigenvalue weighted by molar-refractivity contribution is 7.07. The first-order valence-corrected chi connectivity index (χ1v) is 16.7. The van der Waals surface area contributed by atoms with E-state index in [4.69, 9.17) is 5.73 Å². The molecule has 2 aromatic carbocycles. The number of hydrogen-bond acceptors (Lipinski definition) is 6. The number of amides is 4. The first kappa shape index (κ1) is 31.5. The van der Waals surface area contributed by atoms with Gasteiger partial charge in [0.15, 0.2) is 0 Å². The second-order valence-electron chi connectivity index (χ2n) is 12.7. The van der Waals surface area contributed by atoms with Crippen molar-refractivity contribution in [2.75, 3.05) is 16.3 Å². The Kier molecular flexibility index (Phi) is 8.71. The number of nitrogens with two attached hydrogens (primary N) is 1. The van der Waals surface area contributed by atoms with Gasteiger partial charge in [-0.1, -0.05) is 30.3 Å². The van der Waals surface area contributed by atoms with Crippen molar-refractivity contribution in [2.45, 2.75) is 77.2 Å². The minimum Gasteiger partial charge on any atom is -0.347 e. The normalized spacial score (nSPS) is 17.3. The van der Waals surface area contributed by atoms with Gasteiger partial charge in [0.2, 0.25) is 23.6 Å². The number of fused-ring (bicyclic) bond motifs is 2. The van der Waals surface area contributed by atoms with Gasteiger partial charge in [-0.25, -0.2) is 0 Å². The summed E-state index contributed by atoms with van der Waals surface area (Å²) in [6.07, 6.45) is 3.73. The Morgan fingerprint density at radius 1 is 1.11 bits per heavy atom. The summed E-state index contributed by atoms with van der Waals surface area (Å²) in [6, 6.07) is 13.8. The maximum atomic E-state index is 14.3. The smallest absolute Gasteiger partial charge is 0.250 e. The van der Waals surface area contributed by atoms with Crippen LogP contribution in [0.3, 0.4) is 0 Å². The van der Waals surface area contributed by atoms with Gasteiger partial charge in [0, 0.05) is 49.5 Å². The molecular weight excluding hydrogens is 600 g/mol. The molecule has 0 aliphatic carbocycles. The van der Waals surface area contributed by atoms with Gasteiger partial charge in [-0.2, -0.15) is 11.3 Å². The van der Waals surface area contributed by atoms with Crippen LogP contribution in [0.5, 0.6) is 0 Å². The molecule has 2 aliphatic rings. The predicted molar refractivity (Wildman–Crippen MR) is 181 cm³/mol. The van der Waals surface area contributed by atoms with Crippen molar-refractivity contribution in [1.29, 1.82) is 0 Å². The molecule has 2 aromatic heterocycles. The number of thiophene rings is 1. The van der Waals surface area contributed by atoms with Gasteiger partial charge in [0.25, 0.3) is 0 Å². The third-order valence-electron chi connectivity index (χ3n) is 8.80. The fourth-order valence-electron chi connectivity index (χ4n) is 6.41. The van der Waals surface area contributed by atoms with Crippen molar-refractivity contribution in [3.63, 3.8) is 0 Å². The van der Waals surface area contributed by atoms with Crippen LogP contribution < -0.4 is 26.2 Å². The third kappa shape index (κ3) is 6.17. The first-order chi connectivity index (χ1) is 22.0. The van der Waals surface area contributed by atoms with Crippen LogP contribution in [-0.2, 0) is 45.1 Å². The number of aryl methyl sites for hydroxylation is 1. The Hall–Kier alpha value is -4.48. The number of hydrogen-bond donors (Lipinski definition) is 3. The van der Waals surface area contributed by atoms with E-state index in [2.05, 4.69) is 22.1 Å². The zero-order valence-corrected chi connectivity index (χ0v) is 27.2. The van der Waals surface area contributed by atoms with Crippen molar-refractivity contribution in [3.8, 4) is 0 Å². The molecule has 0 bridgehead atoms. The number of carbonyl (C=O) groups is 4. The van der Waals surface area contributed by atoms with Crippen molar-refractivity contribution < 1.29 is 19.2 Å². The number of aromatic nitrogens is 1. The maximum absolute atomic E-state index is 14.3. The lowest BCUT2D eigenvalue weighted by atomic mass is 9.94. The van der Waals surface area contributed by atoms with Crippen LogP contribution in [0.25, 0.3) is 10.9 Å². The third-order valence-corrected chi connectivity index (χ3v) is 9.53. The lowest BCUT2D eigenvalue weighted by Crippen LogP contribution is -2.60. The minimum atomic E-state index is -1.21. The zero-order valence-electron chi connectivity index (χ0n) is 26.4. The Morgan fingerprint density at radius 2 is 1.91 bits per heavy atom. The topological polar surface area (TPSA) is 130 Å². The van der Waals surface area contributed by atoms with Crippen LogP contribution in [0.1, 0.15) is 50.3 Å². The summed E-state index contributed by atoms with van der Waals surface area (Å²) >= 11 is 1.54. The number of nitrogens with zero attached hydrogens (tertiary/aromatic N) is 3. The Labute approximate surface area is 272 Å². The molecule has 0 radical (unpaired) electrons. The summed E-state index contributed by atoms with van der Waals surface area (Å²) in [5.74, 6) is -1.16. The predicted octanol–water partition coefficient (Wildman–Crippen LogP) is 3.89. The molecule has 240 valence electrons. The Morgan fingerprint density at radius 3 is 2.61 bits per heavy atom. The van der Waals surface area contributed by atoms with E-state index in [1.165, 1.54) is 0 Å². The van der Waals surface area contributed by atoms with E-state index < -0.39 is 29.4 Å². The van der Waals surface area contributed by atoms with Crippen LogP contribution in [0.2, 0.25) is 0 Å². The Balaban J connectivity index is 1.33. The molecule has 46 heavy (non-hydrogen) atoms. The van der Waals surface area contributed by atoms with E-state index in [0.29, 0.717) is 25.2 Å². The number of para-hydroxylation sites is 2. The van der Waals surface area contributed by atoms with Crippen molar-refractivity contribution in [2.24, 2.45) is 5.73 Å². The Bertz CT molecular complexity index is 1790. The monoisotopic (exact) mass is 640 g/mol. The summed E-state index contributed by atoms with van der Waals surface area (Å²) in [4.78, 5) is 57.7. The van der Waals surface area contributed by atoms with E-state index in [1.54, 1.807) is 35.0 Å². The largest absolute Gasteiger partial charge is 0.347 e. The van der Waals surface area contributed by atoms with Gasteiger partial charge in [0.05, 0.1) is 23.5 Å². The van der Waals surface area contributed by atoms with Crippen molar-refractivity contribution >= 4 is 57.2 Å². The van der Waals surface area contributed by atoms with E-state index in [9.17, 15) is 19.2 Å². The van der Waals surface area contributed by atoms with Gasteiger partial charge in [-0.3, -0.25) is 19.2 Å². The van der Waals surface area contributed by atoms with Crippen molar-refractivity contribution in [1.82, 2.24) is 15.2 Å². The van der Waals surface area contributed by atoms with Crippen LogP contribution in [0.4, 0.5) is 11.4 Å². The number of rotatable bonds is 10. The average Bonchev–Trinajstić information content (AvgIpc) is 3.78.